The molecule has 0 amide bonds. The maximum absolute atomic E-state index is 13.0. The molecule has 1 fully saturated rings. The van der Waals surface area contributed by atoms with Crippen LogP contribution in [0.5, 0.6) is 0 Å². The van der Waals surface area contributed by atoms with Crippen molar-refractivity contribution in [1.29, 1.82) is 0 Å². The van der Waals surface area contributed by atoms with E-state index in [-0.39, 0.29) is 5.82 Å². The Morgan fingerprint density at radius 2 is 1.36 bits per heavy atom. The Kier molecular flexibility index (Phi) is 6.67. The summed E-state index contributed by atoms with van der Waals surface area (Å²) in [5.74, 6) is 1.59. The van der Waals surface area contributed by atoms with Crippen molar-refractivity contribution in [3.05, 3.63) is 71.0 Å². The molecule has 0 radical (unpaired) electrons. The third kappa shape index (κ3) is 5.42. The monoisotopic (exact) mass is 338 g/mol. The minimum absolute atomic E-state index is 0.155. The lowest BCUT2D eigenvalue weighted by Gasteiger charge is -2.29. The second kappa shape index (κ2) is 9.17. The van der Waals surface area contributed by atoms with Crippen molar-refractivity contribution < 1.29 is 4.39 Å². The molecule has 0 nitrogen and oxygen atoms in total. The summed E-state index contributed by atoms with van der Waals surface area (Å²) in [6, 6.07) is 16.2. The maximum Gasteiger partial charge on any atom is 0.123 e. The molecule has 1 heteroatoms. The summed E-state index contributed by atoms with van der Waals surface area (Å²) in [4.78, 5) is 0. The zero-order valence-corrected chi connectivity index (χ0v) is 15.5. The molecule has 1 saturated carbocycles. The van der Waals surface area contributed by atoms with Gasteiger partial charge in [-0.2, -0.15) is 0 Å². The van der Waals surface area contributed by atoms with Gasteiger partial charge in [0.05, 0.1) is 0 Å². The lowest BCUT2D eigenvalue weighted by Crippen LogP contribution is -2.13. The first-order valence-electron chi connectivity index (χ1n) is 10.1. The summed E-state index contributed by atoms with van der Waals surface area (Å²) < 4.78 is 13.0. The number of rotatable bonds is 7. The molecule has 0 aliphatic heterocycles. The van der Waals surface area contributed by atoms with Crippen molar-refractivity contribution in [2.24, 2.45) is 5.92 Å². The largest absolute Gasteiger partial charge is 0.207 e. The van der Waals surface area contributed by atoms with E-state index < -0.39 is 0 Å². The van der Waals surface area contributed by atoms with Gasteiger partial charge in [0, 0.05) is 0 Å². The fourth-order valence-electron chi connectivity index (χ4n) is 4.17. The van der Waals surface area contributed by atoms with Gasteiger partial charge in [-0.3, -0.25) is 0 Å². The van der Waals surface area contributed by atoms with E-state index in [0.717, 1.165) is 24.7 Å². The van der Waals surface area contributed by atoms with E-state index in [1.807, 2.05) is 12.1 Å². The standard InChI is InChI=1S/C24H31F/c1-2-3-4-19-7-13-22(14-8-19)23-15-9-20(10-16-23)5-6-21-11-17-24(25)18-12-21/h9-12,15-19,22H,2-8,13-14H2,1H3/t19-,22-. The van der Waals surface area contributed by atoms with Crippen LogP contribution in [0.15, 0.2) is 48.5 Å². The Bertz CT molecular complexity index is 618. The fourth-order valence-corrected chi connectivity index (χ4v) is 4.17. The number of hydrogen-bond acceptors (Lipinski definition) is 0. The lowest BCUT2D eigenvalue weighted by molar-refractivity contribution is 0.304. The number of halogens is 1. The van der Waals surface area contributed by atoms with Gasteiger partial charge in [-0.1, -0.05) is 62.6 Å². The predicted molar refractivity (Wildman–Crippen MR) is 104 cm³/mol. The third-order valence-electron chi connectivity index (χ3n) is 5.88. The summed E-state index contributed by atoms with van der Waals surface area (Å²) in [6.07, 6.45) is 11.7. The number of benzene rings is 2. The molecule has 0 heterocycles. The Balaban J connectivity index is 1.48. The van der Waals surface area contributed by atoms with Crippen LogP contribution >= 0.6 is 0 Å². The van der Waals surface area contributed by atoms with E-state index in [9.17, 15) is 4.39 Å². The van der Waals surface area contributed by atoms with Crippen LogP contribution in [-0.4, -0.2) is 0 Å². The Labute approximate surface area is 152 Å². The fraction of sp³-hybridized carbons (Fsp3) is 0.500. The van der Waals surface area contributed by atoms with Crippen LogP contribution in [0.2, 0.25) is 0 Å². The van der Waals surface area contributed by atoms with Gasteiger partial charge in [-0.25, -0.2) is 4.39 Å². The van der Waals surface area contributed by atoms with Gasteiger partial charge in [-0.05, 0) is 79.2 Å². The molecule has 2 aromatic rings. The van der Waals surface area contributed by atoms with Gasteiger partial charge >= 0.3 is 0 Å². The normalized spacial score (nSPS) is 20.6. The van der Waals surface area contributed by atoms with Crippen molar-refractivity contribution in [2.75, 3.05) is 0 Å². The van der Waals surface area contributed by atoms with Crippen LogP contribution < -0.4 is 0 Å². The summed E-state index contributed by atoms with van der Waals surface area (Å²) in [6.45, 7) is 2.29. The highest BCUT2D eigenvalue weighted by Crippen LogP contribution is 2.37. The van der Waals surface area contributed by atoms with Crippen molar-refractivity contribution in [1.82, 2.24) is 0 Å². The molecule has 0 atom stereocenters. The van der Waals surface area contributed by atoms with E-state index in [2.05, 4.69) is 31.2 Å². The molecule has 1 aliphatic rings. The Hall–Kier alpha value is -1.63. The highest BCUT2D eigenvalue weighted by molar-refractivity contribution is 5.27. The highest BCUT2D eigenvalue weighted by atomic mass is 19.1. The quantitative estimate of drug-likeness (QED) is 0.506. The van der Waals surface area contributed by atoms with Crippen molar-refractivity contribution in [3.63, 3.8) is 0 Å². The van der Waals surface area contributed by atoms with E-state index in [1.165, 1.54) is 61.6 Å². The van der Waals surface area contributed by atoms with Gasteiger partial charge in [-0.15, -0.1) is 0 Å². The number of aryl methyl sites for hydroxylation is 2. The topological polar surface area (TPSA) is 0 Å². The van der Waals surface area contributed by atoms with Gasteiger partial charge in [0.15, 0.2) is 0 Å². The average molecular weight is 339 g/mol. The van der Waals surface area contributed by atoms with Gasteiger partial charge < -0.3 is 0 Å². The summed E-state index contributed by atoms with van der Waals surface area (Å²) in [5, 5.41) is 0. The molecule has 1 aliphatic carbocycles. The molecule has 0 N–H and O–H groups in total. The Morgan fingerprint density at radius 3 is 1.92 bits per heavy atom. The first-order valence-corrected chi connectivity index (χ1v) is 10.1. The van der Waals surface area contributed by atoms with Crippen LogP contribution in [0.4, 0.5) is 4.39 Å². The second-order valence-electron chi connectivity index (χ2n) is 7.73. The molecule has 2 aromatic carbocycles. The summed E-state index contributed by atoms with van der Waals surface area (Å²) >= 11 is 0. The predicted octanol–water partition coefficient (Wildman–Crippen LogP) is 7.07. The lowest BCUT2D eigenvalue weighted by atomic mass is 9.77. The SMILES string of the molecule is CCCC[C@H]1CC[C@H](c2ccc(CCc3ccc(F)cc3)cc2)CC1. The smallest absolute Gasteiger partial charge is 0.123 e. The van der Waals surface area contributed by atoms with E-state index >= 15 is 0 Å². The second-order valence-corrected chi connectivity index (χ2v) is 7.73. The highest BCUT2D eigenvalue weighted by Gasteiger charge is 2.21. The molecule has 3 rings (SSSR count). The van der Waals surface area contributed by atoms with Crippen LogP contribution in [-0.2, 0) is 12.8 Å². The van der Waals surface area contributed by atoms with Gasteiger partial charge in [0.2, 0.25) is 0 Å². The van der Waals surface area contributed by atoms with Gasteiger partial charge in [0.25, 0.3) is 0 Å². The van der Waals surface area contributed by atoms with Crippen molar-refractivity contribution in [3.8, 4) is 0 Å². The van der Waals surface area contributed by atoms with E-state index in [1.54, 1.807) is 12.1 Å². The minimum atomic E-state index is -0.155. The van der Waals surface area contributed by atoms with Crippen LogP contribution in [0.25, 0.3) is 0 Å². The van der Waals surface area contributed by atoms with E-state index in [4.69, 9.17) is 0 Å². The number of unbranched alkanes of at least 4 members (excludes halogenated alkanes) is 1. The summed E-state index contributed by atoms with van der Waals surface area (Å²) in [5.41, 5.74) is 4.11. The molecule has 25 heavy (non-hydrogen) atoms. The van der Waals surface area contributed by atoms with Crippen molar-refractivity contribution >= 4 is 0 Å². The Morgan fingerprint density at radius 1 is 0.800 bits per heavy atom. The van der Waals surface area contributed by atoms with Crippen molar-refractivity contribution in [2.45, 2.75) is 70.6 Å². The summed E-state index contributed by atoms with van der Waals surface area (Å²) in [7, 11) is 0. The minimum Gasteiger partial charge on any atom is -0.207 e. The molecule has 0 aromatic heterocycles. The molecule has 0 unspecified atom stereocenters. The maximum atomic E-state index is 13.0. The molecule has 0 saturated heterocycles. The molecule has 0 spiro atoms. The molecular weight excluding hydrogens is 307 g/mol. The molecule has 0 bridgehead atoms. The van der Waals surface area contributed by atoms with Crippen LogP contribution in [0, 0.1) is 11.7 Å². The van der Waals surface area contributed by atoms with Crippen LogP contribution in [0.1, 0.15) is 74.5 Å². The zero-order valence-electron chi connectivity index (χ0n) is 15.5. The number of hydrogen-bond donors (Lipinski definition) is 0. The average Bonchev–Trinajstić information content (AvgIpc) is 2.67. The molecule has 134 valence electrons. The first-order chi connectivity index (χ1) is 12.2. The van der Waals surface area contributed by atoms with Crippen LogP contribution in [0.3, 0.4) is 0 Å². The first kappa shape index (κ1) is 18.2. The van der Waals surface area contributed by atoms with Gasteiger partial charge in [0.1, 0.15) is 5.82 Å². The zero-order chi connectivity index (χ0) is 17.5. The molecular formula is C24H31F. The third-order valence-corrected chi connectivity index (χ3v) is 5.88. The van der Waals surface area contributed by atoms with E-state index in [0.29, 0.717) is 0 Å².